The lowest BCUT2D eigenvalue weighted by atomic mass is 9.83. The molecule has 2 aromatic heterocycles. The molecule has 0 saturated heterocycles. The molecule has 0 radical (unpaired) electrons. The van der Waals surface area contributed by atoms with Crippen molar-refractivity contribution in [1.29, 1.82) is 0 Å². The van der Waals surface area contributed by atoms with Crippen LogP contribution in [-0.4, -0.2) is 0 Å². The van der Waals surface area contributed by atoms with Crippen molar-refractivity contribution in [2.75, 3.05) is 0 Å². The number of hydrogen-bond donors (Lipinski definition) is 0. The van der Waals surface area contributed by atoms with Gasteiger partial charge in [-0.15, -0.1) is 11.3 Å². The van der Waals surface area contributed by atoms with E-state index in [4.69, 9.17) is 0 Å². The van der Waals surface area contributed by atoms with Gasteiger partial charge in [0.25, 0.3) is 0 Å². The van der Waals surface area contributed by atoms with Crippen LogP contribution in [0.4, 0.5) is 0 Å². The number of aromatic nitrogens is 1. The zero-order chi connectivity index (χ0) is 16.6. The van der Waals surface area contributed by atoms with Gasteiger partial charge in [-0.3, -0.25) is 0 Å². The highest BCUT2D eigenvalue weighted by Gasteiger charge is 2.23. The van der Waals surface area contributed by atoms with Crippen molar-refractivity contribution in [1.82, 2.24) is 0 Å². The Morgan fingerprint density at radius 2 is 1.64 bits per heavy atom. The van der Waals surface area contributed by atoms with E-state index in [2.05, 4.69) is 75.3 Å². The molecular weight excluding hydrogens is 437 g/mol. The standard InChI is InChI=1S/C22H19NS.HI/c1-12-10-13(22(2,3)4)11-15-14-6-5-7-16-19(14)20-17(24-16)8-9-23-21(20)18(12)15;/h5-11H,1-4H3;1H. The second kappa shape index (κ2) is 5.52. The Morgan fingerprint density at radius 3 is 2.40 bits per heavy atom. The van der Waals surface area contributed by atoms with Crippen LogP contribution in [-0.2, 0) is 5.41 Å². The van der Waals surface area contributed by atoms with E-state index < -0.39 is 0 Å². The molecule has 0 spiro atoms. The molecule has 5 rings (SSSR count). The predicted molar refractivity (Wildman–Crippen MR) is 106 cm³/mol. The van der Waals surface area contributed by atoms with Gasteiger partial charge in [-0.05, 0) is 46.4 Å². The largest absolute Gasteiger partial charge is 1.00 e. The van der Waals surface area contributed by atoms with Gasteiger partial charge in [-0.2, -0.15) is 0 Å². The molecule has 0 bridgehead atoms. The average Bonchev–Trinajstić information content (AvgIpc) is 2.92. The van der Waals surface area contributed by atoms with Crippen LogP contribution in [0.15, 0.2) is 42.6 Å². The molecule has 3 heteroatoms. The molecule has 0 aliphatic carbocycles. The first-order valence-electron chi connectivity index (χ1n) is 8.47. The molecule has 0 saturated carbocycles. The summed E-state index contributed by atoms with van der Waals surface area (Å²) in [6.45, 7) is 9.12. The molecule has 126 valence electrons. The van der Waals surface area contributed by atoms with E-state index in [1.807, 2.05) is 11.3 Å². The number of H-pyrrole nitrogens is 1. The van der Waals surface area contributed by atoms with E-state index >= 15 is 0 Å². The van der Waals surface area contributed by atoms with Crippen LogP contribution in [0.25, 0.3) is 41.8 Å². The Bertz CT molecular complexity index is 1240. The monoisotopic (exact) mass is 457 g/mol. The highest BCUT2D eigenvalue weighted by molar-refractivity contribution is 7.26. The summed E-state index contributed by atoms with van der Waals surface area (Å²) in [5.41, 5.74) is 4.19. The topological polar surface area (TPSA) is 14.1 Å². The van der Waals surface area contributed by atoms with Crippen LogP contribution in [0.2, 0.25) is 0 Å². The fourth-order valence-electron chi connectivity index (χ4n) is 3.99. The molecule has 0 unspecified atom stereocenters. The van der Waals surface area contributed by atoms with Gasteiger partial charge in [0.05, 0.1) is 10.8 Å². The van der Waals surface area contributed by atoms with E-state index in [0.717, 1.165) is 0 Å². The van der Waals surface area contributed by atoms with Crippen LogP contribution in [0.1, 0.15) is 31.9 Å². The lowest BCUT2D eigenvalue weighted by Gasteiger charge is -2.21. The molecule has 2 heterocycles. The second-order valence-corrected chi connectivity index (χ2v) is 8.92. The number of rotatable bonds is 0. The molecular formula is C22H20INS. The maximum Gasteiger partial charge on any atom is 0.221 e. The number of aromatic amines is 1. The third-order valence-corrected chi connectivity index (χ3v) is 6.32. The van der Waals surface area contributed by atoms with E-state index in [9.17, 15) is 0 Å². The van der Waals surface area contributed by atoms with Gasteiger partial charge in [0, 0.05) is 20.9 Å². The van der Waals surface area contributed by atoms with Gasteiger partial charge in [-0.1, -0.05) is 39.0 Å². The zero-order valence-corrected chi connectivity index (χ0v) is 17.8. The fraction of sp³-hybridized carbons (Fsp3) is 0.227. The van der Waals surface area contributed by atoms with Crippen molar-refractivity contribution in [2.45, 2.75) is 33.1 Å². The molecule has 1 nitrogen and oxygen atoms in total. The molecule has 0 aliphatic rings. The first-order chi connectivity index (χ1) is 11.4. The number of hydrogen-bond acceptors (Lipinski definition) is 1. The van der Waals surface area contributed by atoms with E-state index in [0.29, 0.717) is 0 Å². The first-order valence-corrected chi connectivity index (χ1v) is 9.28. The molecule has 1 N–H and O–H groups in total. The van der Waals surface area contributed by atoms with Crippen molar-refractivity contribution in [3.05, 3.63) is 53.7 Å². The minimum atomic E-state index is 0. The molecule has 5 aromatic rings. The number of nitrogens with one attached hydrogen (secondary N) is 1. The summed E-state index contributed by atoms with van der Waals surface area (Å²) < 4.78 is 2.75. The van der Waals surface area contributed by atoms with Gasteiger partial charge in [-0.25, -0.2) is 4.98 Å². The van der Waals surface area contributed by atoms with Crippen molar-refractivity contribution < 1.29 is 29.0 Å². The van der Waals surface area contributed by atoms with Crippen molar-refractivity contribution in [3.63, 3.8) is 0 Å². The van der Waals surface area contributed by atoms with Gasteiger partial charge >= 0.3 is 0 Å². The third kappa shape index (κ3) is 2.28. The van der Waals surface area contributed by atoms with Crippen LogP contribution >= 0.6 is 11.3 Å². The number of benzene rings is 3. The Labute approximate surface area is 168 Å². The van der Waals surface area contributed by atoms with Crippen LogP contribution < -0.4 is 29.0 Å². The summed E-state index contributed by atoms with van der Waals surface area (Å²) in [5.74, 6) is 0. The van der Waals surface area contributed by atoms with Crippen molar-refractivity contribution >= 4 is 53.2 Å². The highest BCUT2D eigenvalue weighted by Crippen LogP contribution is 2.44. The second-order valence-electron chi connectivity index (χ2n) is 7.84. The smallest absolute Gasteiger partial charge is 0.221 e. The Kier molecular flexibility index (Phi) is 3.75. The maximum absolute atomic E-state index is 3.55. The minimum Gasteiger partial charge on any atom is -1.00 e. The summed E-state index contributed by atoms with van der Waals surface area (Å²) in [6, 6.07) is 13.7. The zero-order valence-electron chi connectivity index (χ0n) is 14.8. The van der Waals surface area contributed by atoms with Gasteiger partial charge in [0.15, 0.2) is 6.20 Å². The number of pyridine rings is 1. The van der Waals surface area contributed by atoms with Crippen LogP contribution in [0.3, 0.4) is 0 Å². The quantitative estimate of drug-likeness (QED) is 0.251. The molecule has 25 heavy (non-hydrogen) atoms. The molecule has 0 amide bonds. The molecule has 0 aliphatic heterocycles. The van der Waals surface area contributed by atoms with Crippen molar-refractivity contribution in [2.24, 2.45) is 0 Å². The SMILES string of the molecule is Cc1cc(C(C)(C)C)cc2c3cccc4sc5cc[nH+]c(c12)c5c43.[I-]. The lowest BCUT2D eigenvalue weighted by molar-refractivity contribution is -0.343. The Hall–Kier alpha value is -1.46. The van der Waals surface area contributed by atoms with Crippen LogP contribution in [0.5, 0.6) is 0 Å². The summed E-state index contributed by atoms with van der Waals surface area (Å²) in [7, 11) is 0. The van der Waals surface area contributed by atoms with E-state index in [-0.39, 0.29) is 29.4 Å². The summed E-state index contributed by atoms with van der Waals surface area (Å²) >= 11 is 1.90. The average molecular weight is 457 g/mol. The number of halogens is 1. The number of thiophene rings is 1. The molecule has 0 fully saturated rings. The van der Waals surface area contributed by atoms with E-state index in [1.54, 1.807) is 0 Å². The molecule has 0 atom stereocenters. The van der Waals surface area contributed by atoms with E-state index in [1.165, 1.54) is 53.0 Å². The summed E-state index contributed by atoms with van der Waals surface area (Å²) in [6.07, 6.45) is 2.08. The predicted octanol–water partition coefficient (Wildman–Crippen LogP) is 3.22. The highest BCUT2D eigenvalue weighted by atomic mass is 127. The fourth-order valence-corrected chi connectivity index (χ4v) is 5.13. The Morgan fingerprint density at radius 1 is 0.880 bits per heavy atom. The maximum atomic E-state index is 3.55. The van der Waals surface area contributed by atoms with Gasteiger partial charge in [0.1, 0.15) is 0 Å². The lowest BCUT2D eigenvalue weighted by Crippen LogP contribution is -3.00. The molecule has 3 aromatic carbocycles. The Balaban J connectivity index is 0.00000157. The summed E-state index contributed by atoms with van der Waals surface area (Å²) in [4.78, 5) is 3.55. The van der Waals surface area contributed by atoms with Crippen LogP contribution in [0, 0.1) is 6.92 Å². The number of fused-ring (bicyclic) bond motifs is 3. The minimum absolute atomic E-state index is 0. The number of aryl methyl sites for hydroxylation is 1. The van der Waals surface area contributed by atoms with Crippen molar-refractivity contribution in [3.8, 4) is 0 Å². The van der Waals surface area contributed by atoms with Gasteiger partial charge in [0.2, 0.25) is 5.52 Å². The van der Waals surface area contributed by atoms with Gasteiger partial charge < -0.3 is 24.0 Å². The first kappa shape index (κ1) is 17.0. The summed E-state index contributed by atoms with van der Waals surface area (Å²) in [5, 5.41) is 6.94. The normalized spacial score (nSPS) is 12.5. The third-order valence-electron chi connectivity index (χ3n) is 5.20.